The van der Waals surface area contributed by atoms with Crippen molar-refractivity contribution in [1.82, 2.24) is 0 Å². The van der Waals surface area contributed by atoms with Gasteiger partial charge in [-0.2, -0.15) is 0 Å². The van der Waals surface area contributed by atoms with Crippen LogP contribution in [0, 0.1) is 5.92 Å². The first-order valence-corrected chi connectivity index (χ1v) is 7.09. The van der Waals surface area contributed by atoms with Crippen LogP contribution in [-0.4, -0.2) is 19.2 Å². The van der Waals surface area contributed by atoms with Crippen LogP contribution in [0.4, 0.5) is 0 Å². The molecule has 1 heterocycles. The predicted octanol–water partition coefficient (Wildman–Crippen LogP) is 4.08. The number of hydrogen-bond donors (Lipinski definition) is 0. The zero-order valence-electron chi connectivity index (χ0n) is 12.1. The van der Waals surface area contributed by atoms with Gasteiger partial charge in [0.15, 0.2) is 0 Å². The van der Waals surface area contributed by atoms with E-state index in [2.05, 4.69) is 6.92 Å². The van der Waals surface area contributed by atoms with Crippen LogP contribution in [0.3, 0.4) is 0 Å². The number of hydrogen-bond acceptors (Lipinski definition) is 3. The Morgan fingerprint density at radius 1 is 1.39 bits per heavy atom. The van der Waals surface area contributed by atoms with Gasteiger partial charge in [0.25, 0.3) is 0 Å². The molecule has 1 aliphatic rings. The lowest BCUT2D eigenvalue weighted by atomic mass is 10.2. The summed E-state index contributed by atoms with van der Waals surface area (Å²) >= 11 is 0. The van der Waals surface area contributed by atoms with Crippen LogP contribution in [-0.2, 0) is 14.3 Å². The monoisotopic (exact) mass is 256 g/mol. The number of carbonyl (C=O) groups excluding carboxylic acids is 1. The Bertz CT molecular complexity index is 214. The molecule has 18 heavy (non-hydrogen) atoms. The standard InChI is InChI=1S/C10H20O2.C5H8O/c1-4-5-6-7-10(11)12-8-9(2)3;1-2-4-6-5-3-1/h9H,4-8H2,1-3H3;2,4H,1,3,5H2. The van der Waals surface area contributed by atoms with Crippen molar-refractivity contribution in [1.29, 1.82) is 0 Å². The van der Waals surface area contributed by atoms with Gasteiger partial charge in [0.05, 0.1) is 19.5 Å². The molecule has 0 radical (unpaired) electrons. The van der Waals surface area contributed by atoms with Gasteiger partial charge in [-0.3, -0.25) is 4.79 Å². The Morgan fingerprint density at radius 2 is 2.17 bits per heavy atom. The van der Waals surface area contributed by atoms with Gasteiger partial charge in [0, 0.05) is 6.42 Å². The molecule has 0 aliphatic carbocycles. The summed E-state index contributed by atoms with van der Waals surface area (Å²) in [6, 6.07) is 0. The second-order valence-corrected chi connectivity index (χ2v) is 4.92. The number of allylic oxidation sites excluding steroid dienone is 1. The maximum Gasteiger partial charge on any atom is 0.305 e. The molecule has 0 saturated heterocycles. The average molecular weight is 256 g/mol. The fourth-order valence-corrected chi connectivity index (χ4v) is 1.34. The fraction of sp³-hybridized carbons (Fsp3) is 0.800. The molecule has 0 saturated carbocycles. The molecular formula is C15H28O3. The van der Waals surface area contributed by atoms with E-state index in [4.69, 9.17) is 9.47 Å². The zero-order valence-corrected chi connectivity index (χ0v) is 12.1. The normalized spacial score (nSPS) is 13.6. The van der Waals surface area contributed by atoms with Gasteiger partial charge in [-0.25, -0.2) is 0 Å². The van der Waals surface area contributed by atoms with Crippen molar-refractivity contribution in [2.24, 2.45) is 5.92 Å². The highest BCUT2D eigenvalue weighted by Gasteiger charge is 2.02. The molecule has 0 aromatic heterocycles. The maximum absolute atomic E-state index is 11.0. The lowest BCUT2D eigenvalue weighted by Crippen LogP contribution is -2.09. The summed E-state index contributed by atoms with van der Waals surface area (Å²) in [6.45, 7) is 7.68. The minimum atomic E-state index is -0.0443. The van der Waals surface area contributed by atoms with Crippen LogP contribution < -0.4 is 0 Å². The van der Waals surface area contributed by atoms with Gasteiger partial charge < -0.3 is 9.47 Å². The van der Waals surface area contributed by atoms with Gasteiger partial charge >= 0.3 is 5.97 Å². The molecule has 0 aromatic carbocycles. The number of ether oxygens (including phenoxy) is 2. The molecule has 0 fully saturated rings. The van der Waals surface area contributed by atoms with E-state index in [1.54, 1.807) is 6.26 Å². The predicted molar refractivity (Wildman–Crippen MR) is 74.3 cm³/mol. The Labute approximate surface area is 112 Å². The average Bonchev–Trinajstić information content (AvgIpc) is 2.39. The smallest absolute Gasteiger partial charge is 0.305 e. The summed E-state index contributed by atoms with van der Waals surface area (Å²) in [6.07, 6.45) is 10.0. The quantitative estimate of drug-likeness (QED) is 0.530. The number of unbranched alkanes of at least 4 members (excludes halogenated alkanes) is 2. The van der Waals surface area contributed by atoms with E-state index in [9.17, 15) is 4.79 Å². The van der Waals surface area contributed by atoms with Crippen molar-refractivity contribution in [2.45, 2.75) is 59.3 Å². The second-order valence-electron chi connectivity index (χ2n) is 4.92. The molecular weight excluding hydrogens is 228 g/mol. The van der Waals surface area contributed by atoms with Crippen LogP contribution in [0.15, 0.2) is 12.3 Å². The SMILES string of the molecule is C1=COCCC1.CCCCCC(=O)OCC(C)C. The Hall–Kier alpha value is -0.990. The minimum absolute atomic E-state index is 0.0443. The van der Waals surface area contributed by atoms with Gasteiger partial charge in [0.1, 0.15) is 0 Å². The Morgan fingerprint density at radius 3 is 2.56 bits per heavy atom. The molecule has 0 unspecified atom stereocenters. The first kappa shape index (κ1) is 17.0. The highest BCUT2D eigenvalue weighted by Crippen LogP contribution is 2.02. The Kier molecular flexibility index (Phi) is 11.8. The van der Waals surface area contributed by atoms with Gasteiger partial charge in [-0.15, -0.1) is 0 Å². The van der Waals surface area contributed by atoms with E-state index in [-0.39, 0.29) is 5.97 Å². The fourth-order valence-electron chi connectivity index (χ4n) is 1.34. The molecule has 0 amide bonds. The summed E-state index contributed by atoms with van der Waals surface area (Å²) in [5.74, 6) is 0.400. The largest absolute Gasteiger partial charge is 0.502 e. The molecule has 0 bridgehead atoms. The van der Waals surface area contributed by atoms with Crippen molar-refractivity contribution in [3.63, 3.8) is 0 Å². The summed E-state index contributed by atoms with van der Waals surface area (Å²) in [7, 11) is 0. The molecule has 106 valence electrons. The van der Waals surface area contributed by atoms with Crippen LogP contribution in [0.25, 0.3) is 0 Å². The lowest BCUT2D eigenvalue weighted by molar-refractivity contribution is -0.144. The topological polar surface area (TPSA) is 35.5 Å². The number of esters is 1. The highest BCUT2D eigenvalue weighted by atomic mass is 16.5. The van der Waals surface area contributed by atoms with E-state index in [0.29, 0.717) is 18.9 Å². The maximum atomic E-state index is 11.0. The third-order valence-corrected chi connectivity index (χ3v) is 2.39. The number of rotatable bonds is 6. The third-order valence-electron chi connectivity index (χ3n) is 2.39. The molecule has 3 heteroatoms. The molecule has 0 atom stereocenters. The summed E-state index contributed by atoms with van der Waals surface area (Å²) in [5, 5.41) is 0. The molecule has 0 spiro atoms. The van der Waals surface area contributed by atoms with Crippen molar-refractivity contribution in [2.75, 3.05) is 13.2 Å². The Balaban J connectivity index is 0.000000397. The van der Waals surface area contributed by atoms with Crippen molar-refractivity contribution in [3.05, 3.63) is 12.3 Å². The van der Waals surface area contributed by atoms with E-state index < -0.39 is 0 Å². The first-order chi connectivity index (χ1) is 8.66. The minimum Gasteiger partial charge on any atom is -0.502 e. The van der Waals surface area contributed by atoms with Crippen LogP contribution in [0.2, 0.25) is 0 Å². The van der Waals surface area contributed by atoms with Gasteiger partial charge in [0.2, 0.25) is 0 Å². The second kappa shape index (κ2) is 12.5. The molecule has 1 aliphatic heterocycles. The van der Waals surface area contributed by atoms with Crippen LogP contribution >= 0.6 is 0 Å². The summed E-state index contributed by atoms with van der Waals surface area (Å²) in [5.41, 5.74) is 0. The summed E-state index contributed by atoms with van der Waals surface area (Å²) < 4.78 is 9.90. The zero-order chi connectivity index (χ0) is 13.6. The van der Waals surface area contributed by atoms with Crippen molar-refractivity contribution < 1.29 is 14.3 Å². The highest BCUT2D eigenvalue weighted by molar-refractivity contribution is 5.69. The molecule has 0 N–H and O–H groups in total. The molecule has 0 aromatic rings. The summed E-state index contributed by atoms with van der Waals surface area (Å²) in [4.78, 5) is 11.0. The van der Waals surface area contributed by atoms with E-state index in [1.807, 2.05) is 19.9 Å². The van der Waals surface area contributed by atoms with Gasteiger partial charge in [-0.05, 0) is 31.3 Å². The van der Waals surface area contributed by atoms with E-state index in [0.717, 1.165) is 25.9 Å². The van der Waals surface area contributed by atoms with Crippen LogP contribution in [0.1, 0.15) is 59.3 Å². The van der Waals surface area contributed by atoms with Crippen molar-refractivity contribution >= 4 is 5.97 Å². The first-order valence-electron chi connectivity index (χ1n) is 7.09. The van der Waals surface area contributed by atoms with E-state index >= 15 is 0 Å². The van der Waals surface area contributed by atoms with Crippen LogP contribution in [0.5, 0.6) is 0 Å². The van der Waals surface area contributed by atoms with E-state index in [1.165, 1.54) is 12.8 Å². The van der Waals surface area contributed by atoms with Crippen molar-refractivity contribution in [3.8, 4) is 0 Å². The molecule has 1 rings (SSSR count). The third kappa shape index (κ3) is 13.1. The van der Waals surface area contributed by atoms with Gasteiger partial charge in [-0.1, -0.05) is 33.6 Å². The number of carbonyl (C=O) groups is 1. The lowest BCUT2D eigenvalue weighted by Gasteiger charge is -2.06. The molecule has 3 nitrogen and oxygen atoms in total.